The first-order valence-electron chi connectivity index (χ1n) is 5.60. The summed E-state index contributed by atoms with van der Waals surface area (Å²) in [4.78, 5) is 18.6. The number of halogens is 1. The van der Waals surface area contributed by atoms with Gasteiger partial charge < -0.3 is 5.32 Å². The third kappa shape index (κ3) is 3.72. The molecule has 0 unspecified atom stereocenters. The lowest BCUT2D eigenvalue weighted by atomic mass is 10.2. The number of nitrogens with one attached hydrogen (secondary N) is 1. The molecule has 0 saturated carbocycles. The molecular weight excluding hydrogens is 312 g/mol. The topological polar surface area (TPSA) is 81.0 Å². The quantitative estimate of drug-likeness (QED) is 0.676. The molecule has 0 bridgehead atoms. The summed E-state index contributed by atoms with van der Waals surface area (Å²) in [6.07, 6.45) is 3.92. The predicted molar refractivity (Wildman–Crippen MR) is 75.0 cm³/mol. The maximum Gasteiger partial charge on any atom is 0.312 e. The minimum atomic E-state index is -0.457. The molecule has 7 heteroatoms. The molecule has 6 nitrogen and oxygen atoms in total. The van der Waals surface area contributed by atoms with E-state index in [9.17, 15) is 10.1 Å². The summed E-state index contributed by atoms with van der Waals surface area (Å²) >= 11 is 3.16. The molecule has 0 aromatic carbocycles. The first-order chi connectivity index (χ1) is 9.16. The zero-order valence-electron chi connectivity index (χ0n) is 9.91. The van der Waals surface area contributed by atoms with Gasteiger partial charge in [0.1, 0.15) is 0 Å². The zero-order chi connectivity index (χ0) is 13.7. The molecule has 2 aromatic rings. The van der Waals surface area contributed by atoms with E-state index in [4.69, 9.17) is 0 Å². The molecule has 2 aromatic heterocycles. The largest absolute Gasteiger partial charge is 0.364 e. The molecule has 0 spiro atoms. The van der Waals surface area contributed by atoms with Crippen LogP contribution in [0.4, 0.5) is 11.5 Å². The van der Waals surface area contributed by atoms with Gasteiger partial charge in [0, 0.05) is 41.6 Å². The lowest BCUT2D eigenvalue weighted by Gasteiger charge is -2.06. The minimum Gasteiger partial charge on any atom is -0.364 e. The fraction of sp³-hybridized carbons (Fsp3) is 0.167. The summed E-state index contributed by atoms with van der Waals surface area (Å²) in [5, 5.41) is 13.9. The molecule has 0 amide bonds. The average molecular weight is 323 g/mol. The summed E-state index contributed by atoms with van der Waals surface area (Å²) in [5.41, 5.74) is 0.880. The monoisotopic (exact) mass is 322 g/mol. The second-order valence-electron chi connectivity index (χ2n) is 3.78. The van der Waals surface area contributed by atoms with Crippen molar-refractivity contribution in [2.24, 2.45) is 0 Å². The van der Waals surface area contributed by atoms with Gasteiger partial charge in [-0.1, -0.05) is 6.07 Å². The summed E-state index contributed by atoms with van der Waals surface area (Å²) in [6, 6.07) is 7.09. The highest BCUT2D eigenvalue weighted by Gasteiger charge is 2.15. The van der Waals surface area contributed by atoms with Gasteiger partial charge >= 0.3 is 5.69 Å². The molecule has 0 radical (unpaired) electrons. The summed E-state index contributed by atoms with van der Waals surface area (Å²) in [5.74, 6) is 0.268. The highest BCUT2D eigenvalue weighted by atomic mass is 79.9. The lowest BCUT2D eigenvalue weighted by Crippen LogP contribution is -2.09. The molecule has 0 aliphatic carbocycles. The molecule has 0 saturated heterocycles. The summed E-state index contributed by atoms with van der Waals surface area (Å²) in [7, 11) is 0. The highest BCUT2D eigenvalue weighted by molar-refractivity contribution is 9.10. The van der Waals surface area contributed by atoms with Gasteiger partial charge in [-0.15, -0.1) is 0 Å². The van der Waals surface area contributed by atoms with Crippen LogP contribution >= 0.6 is 15.9 Å². The van der Waals surface area contributed by atoms with Crippen LogP contribution in [0.2, 0.25) is 0 Å². The van der Waals surface area contributed by atoms with Gasteiger partial charge in [0.05, 0.1) is 4.92 Å². The fourth-order valence-electron chi connectivity index (χ4n) is 1.56. The standard InChI is InChI=1S/C12H11BrN4O2/c13-9-7-11(17(18)19)12(16-8-9)15-6-4-10-3-1-2-5-14-10/h1-3,5,7-8H,4,6H2,(H,15,16). The number of aromatic nitrogens is 2. The number of anilines is 1. The molecular formula is C12H11BrN4O2. The van der Waals surface area contributed by atoms with Crippen LogP contribution in [-0.2, 0) is 6.42 Å². The summed E-state index contributed by atoms with van der Waals surface area (Å²) < 4.78 is 0.578. The van der Waals surface area contributed by atoms with Crippen molar-refractivity contribution >= 4 is 27.4 Å². The van der Waals surface area contributed by atoms with E-state index < -0.39 is 4.92 Å². The Bertz CT molecular complexity index is 577. The van der Waals surface area contributed by atoms with Crippen molar-refractivity contribution in [3.63, 3.8) is 0 Å². The van der Waals surface area contributed by atoms with Crippen molar-refractivity contribution in [2.75, 3.05) is 11.9 Å². The number of pyridine rings is 2. The van der Waals surface area contributed by atoms with Crippen molar-refractivity contribution in [3.8, 4) is 0 Å². The predicted octanol–water partition coefficient (Wildman–Crippen LogP) is 2.80. The first kappa shape index (κ1) is 13.4. The van der Waals surface area contributed by atoms with Crippen molar-refractivity contribution in [3.05, 3.63) is 56.9 Å². The van der Waals surface area contributed by atoms with E-state index in [1.54, 1.807) is 6.20 Å². The number of nitrogens with zero attached hydrogens (tertiary/aromatic N) is 3. The second kappa shape index (κ2) is 6.24. The van der Waals surface area contributed by atoms with E-state index in [1.807, 2.05) is 18.2 Å². The Balaban J connectivity index is 2.02. The molecule has 2 rings (SSSR count). The maximum atomic E-state index is 10.9. The van der Waals surface area contributed by atoms with Gasteiger partial charge in [0.15, 0.2) is 0 Å². The first-order valence-corrected chi connectivity index (χ1v) is 6.40. The number of nitro groups is 1. The van der Waals surface area contributed by atoms with E-state index >= 15 is 0 Å². The average Bonchev–Trinajstić information content (AvgIpc) is 2.41. The molecule has 98 valence electrons. The van der Waals surface area contributed by atoms with Gasteiger partial charge in [-0.05, 0) is 28.1 Å². The van der Waals surface area contributed by atoms with Crippen molar-refractivity contribution in [1.29, 1.82) is 0 Å². The van der Waals surface area contributed by atoms with Gasteiger partial charge in [-0.2, -0.15) is 0 Å². The van der Waals surface area contributed by atoms with Crippen LogP contribution in [0.1, 0.15) is 5.69 Å². The van der Waals surface area contributed by atoms with E-state index in [2.05, 4.69) is 31.2 Å². The van der Waals surface area contributed by atoms with Crippen LogP contribution in [-0.4, -0.2) is 21.4 Å². The molecule has 0 atom stereocenters. The fourth-order valence-corrected chi connectivity index (χ4v) is 1.88. The Morgan fingerprint density at radius 3 is 2.89 bits per heavy atom. The SMILES string of the molecule is O=[N+]([O-])c1cc(Br)cnc1NCCc1ccccn1. The Morgan fingerprint density at radius 2 is 2.21 bits per heavy atom. The molecule has 2 heterocycles. The molecule has 19 heavy (non-hydrogen) atoms. The van der Waals surface area contributed by atoms with Crippen LogP contribution in [0, 0.1) is 10.1 Å². The Morgan fingerprint density at radius 1 is 1.37 bits per heavy atom. The third-order valence-corrected chi connectivity index (χ3v) is 2.86. The van der Waals surface area contributed by atoms with Crippen LogP contribution in [0.25, 0.3) is 0 Å². The zero-order valence-corrected chi connectivity index (χ0v) is 11.5. The highest BCUT2D eigenvalue weighted by Crippen LogP contribution is 2.25. The molecule has 0 aliphatic heterocycles. The maximum absolute atomic E-state index is 10.9. The van der Waals surface area contributed by atoms with Gasteiger partial charge in [0.25, 0.3) is 0 Å². The number of hydrogen-bond acceptors (Lipinski definition) is 5. The second-order valence-corrected chi connectivity index (χ2v) is 4.69. The molecule has 0 aliphatic rings. The summed E-state index contributed by atoms with van der Waals surface area (Å²) in [6.45, 7) is 0.534. The number of hydrogen-bond donors (Lipinski definition) is 1. The van der Waals surface area contributed by atoms with Crippen LogP contribution < -0.4 is 5.32 Å². The molecule has 1 N–H and O–H groups in total. The van der Waals surface area contributed by atoms with Crippen LogP contribution in [0.15, 0.2) is 41.1 Å². The van der Waals surface area contributed by atoms with Crippen LogP contribution in [0.3, 0.4) is 0 Å². The van der Waals surface area contributed by atoms with Gasteiger partial charge in [0.2, 0.25) is 5.82 Å². The Kier molecular flexibility index (Phi) is 4.40. The van der Waals surface area contributed by atoms with E-state index in [0.717, 1.165) is 5.69 Å². The number of rotatable bonds is 5. The van der Waals surface area contributed by atoms with Crippen molar-refractivity contribution in [1.82, 2.24) is 9.97 Å². The smallest absolute Gasteiger partial charge is 0.312 e. The normalized spacial score (nSPS) is 10.2. The van der Waals surface area contributed by atoms with E-state index in [1.165, 1.54) is 12.3 Å². The van der Waals surface area contributed by atoms with Crippen molar-refractivity contribution in [2.45, 2.75) is 6.42 Å². The lowest BCUT2D eigenvalue weighted by molar-refractivity contribution is -0.384. The Hall–Kier alpha value is -2.02. The van der Waals surface area contributed by atoms with Crippen LogP contribution in [0.5, 0.6) is 0 Å². The van der Waals surface area contributed by atoms with Gasteiger partial charge in [-0.25, -0.2) is 4.98 Å². The van der Waals surface area contributed by atoms with E-state index in [-0.39, 0.29) is 11.5 Å². The van der Waals surface area contributed by atoms with Crippen molar-refractivity contribution < 1.29 is 4.92 Å². The van der Waals surface area contributed by atoms with E-state index in [0.29, 0.717) is 17.4 Å². The minimum absolute atomic E-state index is 0.0459. The third-order valence-electron chi connectivity index (χ3n) is 2.43. The Labute approximate surface area is 118 Å². The molecule has 0 fully saturated rings. The van der Waals surface area contributed by atoms with Gasteiger partial charge in [-0.3, -0.25) is 15.1 Å².